The van der Waals surface area contributed by atoms with Crippen molar-refractivity contribution in [2.45, 2.75) is 33.2 Å². The van der Waals surface area contributed by atoms with Gasteiger partial charge in [-0.3, -0.25) is 4.79 Å². The summed E-state index contributed by atoms with van der Waals surface area (Å²) in [6.45, 7) is 6.36. The summed E-state index contributed by atoms with van der Waals surface area (Å²) >= 11 is 0. The van der Waals surface area contributed by atoms with Gasteiger partial charge in [-0.2, -0.15) is 0 Å². The Bertz CT molecular complexity index is 444. The maximum absolute atomic E-state index is 12.4. The van der Waals surface area contributed by atoms with Crippen molar-refractivity contribution < 1.29 is 9.53 Å². The van der Waals surface area contributed by atoms with E-state index < -0.39 is 0 Å². The molecule has 19 heavy (non-hydrogen) atoms. The van der Waals surface area contributed by atoms with E-state index in [1.807, 2.05) is 7.05 Å². The van der Waals surface area contributed by atoms with E-state index in [0.717, 1.165) is 6.42 Å². The van der Waals surface area contributed by atoms with Crippen molar-refractivity contribution in [2.75, 3.05) is 19.9 Å². The third kappa shape index (κ3) is 4.16. The van der Waals surface area contributed by atoms with Crippen LogP contribution in [0.2, 0.25) is 0 Å². The summed E-state index contributed by atoms with van der Waals surface area (Å²) in [6, 6.07) is 5.30. The highest BCUT2D eigenvalue weighted by Crippen LogP contribution is 2.21. The van der Waals surface area contributed by atoms with E-state index in [9.17, 15) is 4.79 Å². The quantitative estimate of drug-likeness (QED) is 0.832. The third-order valence-corrected chi connectivity index (χ3v) is 3.21. The molecule has 4 heteroatoms. The van der Waals surface area contributed by atoms with E-state index in [2.05, 4.69) is 20.8 Å². The Morgan fingerprint density at radius 2 is 1.95 bits per heavy atom. The van der Waals surface area contributed by atoms with Gasteiger partial charge in [0.1, 0.15) is 5.75 Å². The zero-order valence-corrected chi connectivity index (χ0v) is 12.4. The monoisotopic (exact) mass is 264 g/mol. The number of methoxy groups -OCH3 is 1. The van der Waals surface area contributed by atoms with Crippen LogP contribution in [0.3, 0.4) is 0 Å². The molecule has 4 nitrogen and oxygen atoms in total. The zero-order valence-electron chi connectivity index (χ0n) is 12.4. The summed E-state index contributed by atoms with van der Waals surface area (Å²) in [4.78, 5) is 14.2. The lowest BCUT2D eigenvalue weighted by atomic mass is 10.0. The third-order valence-electron chi connectivity index (χ3n) is 3.21. The first-order chi connectivity index (χ1) is 8.85. The number of anilines is 1. The summed E-state index contributed by atoms with van der Waals surface area (Å²) < 4.78 is 5.14. The van der Waals surface area contributed by atoms with Crippen LogP contribution >= 0.6 is 0 Å². The second-order valence-corrected chi connectivity index (χ2v) is 5.39. The lowest BCUT2D eigenvalue weighted by Crippen LogP contribution is -2.35. The number of carbonyl (C=O) groups excluding carboxylic acids is 1. The fraction of sp³-hybridized carbons (Fsp3) is 0.533. The SMILES string of the molecule is COc1cc(N)cc(C(=O)N(C)C(C)CC(C)C)c1. The maximum atomic E-state index is 12.4. The fourth-order valence-corrected chi connectivity index (χ4v) is 2.11. The molecule has 1 rings (SSSR count). The average molecular weight is 264 g/mol. The first kappa shape index (κ1) is 15.3. The van der Waals surface area contributed by atoms with Crippen LogP contribution in [0.4, 0.5) is 5.69 Å². The van der Waals surface area contributed by atoms with Gasteiger partial charge in [-0.25, -0.2) is 0 Å². The van der Waals surface area contributed by atoms with Crippen molar-refractivity contribution in [3.8, 4) is 5.75 Å². The standard InChI is InChI=1S/C15H24N2O2/c1-10(2)6-11(3)17(4)15(18)12-7-13(16)9-14(8-12)19-5/h7-11H,6,16H2,1-5H3. The van der Waals surface area contributed by atoms with E-state index in [4.69, 9.17) is 10.5 Å². The first-order valence-corrected chi connectivity index (χ1v) is 6.56. The van der Waals surface area contributed by atoms with Crippen LogP contribution in [0.25, 0.3) is 0 Å². The molecule has 1 amide bonds. The molecule has 1 unspecified atom stereocenters. The minimum absolute atomic E-state index is 0.0289. The molecule has 0 saturated heterocycles. The highest BCUT2D eigenvalue weighted by molar-refractivity contribution is 5.95. The molecule has 0 aromatic heterocycles. The molecule has 0 bridgehead atoms. The van der Waals surface area contributed by atoms with Crippen LogP contribution < -0.4 is 10.5 Å². The topological polar surface area (TPSA) is 55.6 Å². The van der Waals surface area contributed by atoms with Gasteiger partial charge in [0, 0.05) is 30.4 Å². The van der Waals surface area contributed by atoms with Crippen LogP contribution in [0.5, 0.6) is 5.75 Å². The Kier molecular flexibility index (Phi) is 5.21. The lowest BCUT2D eigenvalue weighted by molar-refractivity contribution is 0.0728. The van der Waals surface area contributed by atoms with Crippen LogP contribution in [0.15, 0.2) is 18.2 Å². The van der Waals surface area contributed by atoms with Crippen LogP contribution in [-0.4, -0.2) is 31.0 Å². The summed E-state index contributed by atoms with van der Waals surface area (Å²) in [5.74, 6) is 1.13. The molecule has 0 radical (unpaired) electrons. The fourth-order valence-electron chi connectivity index (χ4n) is 2.11. The van der Waals surface area contributed by atoms with Gasteiger partial charge in [0.25, 0.3) is 5.91 Å². The summed E-state index contributed by atoms with van der Waals surface area (Å²) in [7, 11) is 3.39. The van der Waals surface area contributed by atoms with E-state index >= 15 is 0 Å². The number of amides is 1. The van der Waals surface area contributed by atoms with Gasteiger partial charge < -0.3 is 15.4 Å². The van der Waals surface area contributed by atoms with Crippen molar-refractivity contribution in [1.29, 1.82) is 0 Å². The van der Waals surface area contributed by atoms with Crippen molar-refractivity contribution >= 4 is 11.6 Å². The highest BCUT2D eigenvalue weighted by atomic mass is 16.5. The molecule has 0 spiro atoms. The molecule has 0 aliphatic heterocycles. The number of nitrogen functional groups attached to an aromatic ring is 1. The van der Waals surface area contributed by atoms with E-state index in [1.165, 1.54) is 0 Å². The second-order valence-electron chi connectivity index (χ2n) is 5.39. The Morgan fingerprint density at radius 3 is 2.47 bits per heavy atom. The lowest BCUT2D eigenvalue weighted by Gasteiger charge is -2.26. The van der Waals surface area contributed by atoms with Crippen LogP contribution in [0.1, 0.15) is 37.6 Å². The van der Waals surface area contributed by atoms with Crippen LogP contribution in [0, 0.1) is 5.92 Å². The predicted octanol–water partition coefficient (Wildman–Crippen LogP) is 2.78. The predicted molar refractivity (Wildman–Crippen MR) is 78.4 cm³/mol. The van der Waals surface area contributed by atoms with Crippen LogP contribution in [-0.2, 0) is 0 Å². The van der Waals surface area contributed by atoms with E-state index in [1.54, 1.807) is 30.2 Å². The minimum atomic E-state index is -0.0289. The number of hydrogen-bond donors (Lipinski definition) is 1. The number of nitrogens with two attached hydrogens (primary N) is 1. The molecule has 1 aromatic carbocycles. The minimum Gasteiger partial charge on any atom is -0.497 e. The molecule has 1 aromatic rings. The average Bonchev–Trinajstić information content (AvgIpc) is 2.35. The van der Waals surface area contributed by atoms with Gasteiger partial charge in [-0.1, -0.05) is 13.8 Å². The Labute approximate surface area is 115 Å². The number of nitrogens with zero attached hydrogens (tertiary/aromatic N) is 1. The summed E-state index contributed by atoms with van der Waals surface area (Å²) in [5, 5.41) is 0. The van der Waals surface area contributed by atoms with Crippen molar-refractivity contribution in [1.82, 2.24) is 4.90 Å². The Hall–Kier alpha value is -1.71. The molecule has 1 atom stereocenters. The summed E-state index contributed by atoms with van der Waals surface area (Å²) in [6.07, 6.45) is 0.974. The number of carbonyl (C=O) groups is 1. The Morgan fingerprint density at radius 1 is 1.32 bits per heavy atom. The normalized spacial score (nSPS) is 12.3. The van der Waals surface area contributed by atoms with Crippen molar-refractivity contribution in [3.63, 3.8) is 0 Å². The van der Waals surface area contributed by atoms with Gasteiger partial charge in [-0.05, 0) is 31.4 Å². The maximum Gasteiger partial charge on any atom is 0.254 e. The number of rotatable bonds is 5. The zero-order chi connectivity index (χ0) is 14.6. The van der Waals surface area contributed by atoms with Crippen molar-refractivity contribution in [2.24, 2.45) is 5.92 Å². The number of ether oxygens (including phenoxy) is 1. The molecule has 0 saturated carbocycles. The second kappa shape index (κ2) is 6.45. The molecule has 106 valence electrons. The van der Waals surface area contributed by atoms with Gasteiger partial charge >= 0.3 is 0 Å². The van der Waals surface area contributed by atoms with Gasteiger partial charge in [0.15, 0.2) is 0 Å². The van der Waals surface area contributed by atoms with Gasteiger partial charge in [0.2, 0.25) is 0 Å². The highest BCUT2D eigenvalue weighted by Gasteiger charge is 2.19. The number of benzene rings is 1. The molecule has 2 N–H and O–H groups in total. The summed E-state index contributed by atoms with van der Waals surface area (Å²) in [5.41, 5.74) is 6.88. The largest absolute Gasteiger partial charge is 0.497 e. The van der Waals surface area contributed by atoms with E-state index in [0.29, 0.717) is 22.9 Å². The van der Waals surface area contributed by atoms with Gasteiger partial charge in [0.05, 0.1) is 7.11 Å². The number of hydrogen-bond acceptors (Lipinski definition) is 3. The van der Waals surface area contributed by atoms with Crippen molar-refractivity contribution in [3.05, 3.63) is 23.8 Å². The Balaban J connectivity index is 2.90. The molecular formula is C15H24N2O2. The molecule has 0 aliphatic carbocycles. The first-order valence-electron chi connectivity index (χ1n) is 6.56. The smallest absolute Gasteiger partial charge is 0.254 e. The molecule has 0 aliphatic rings. The molecule has 0 heterocycles. The van der Waals surface area contributed by atoms with E-state index in [-0.39, 0.29) is 11.9 Å². The molecular weight excluding hydrogens is 240 g/mol. The van der Waals surface area contributed by atoms with Gasteiger partial charge in [-0.15, -0.1) is 0 Å². The molecule has 0 fully saturated rings.